The van der Waals surface area contributed by atoms with E-state index in [0.29, 0.717) is 18.5 Å². The smallest absolute Gasteiger partial charge is 0.269 e. The van der Waals surface area contributed by atoms with Crippen molar-refractivity contribution in [2.75, 3.05) is 0 Å². The summed E-state index contributed by atoms with van der Waals surface area (Å²) in [6.07, 6.45) is 1.57. The summed E-state index contributed by atoms with van der Waals surface area (Å²) in [4.78, 5) is 17.0. The zero-order valence-corrected chi connectivity index (χ0v) is 14.5. The third-order valence-corrected chi connectivity index (χ3v) is 4.63. The van der Waals surface area contributed by atoms with E-state index in [-0.39, 0.29) is 17.9 Å². The van der Waals surface area contributed by atoms with Crippen LogP contribution in [0, 0.1) is 13.8 Å². The van der Waals surface area contributed by atoms with Gasteiger partial charge in [0, 0.05) is 20.0 Å². The quantitative estimate of drug-likeness (QED) is 0.857. The minimum atomic E-state index is -0.547. The van der Waals surface area contributed by atoms with Crippen molar-refractivity contribution in [2.45, 2.75) is 51.2 Å². The van der Waals surface area contributed by atoms with Crippen LogP contribution >= 0.6 is 0 Å². The molecule has 130 valence electrons. The molecule has 8 nitrogen and oxygen atoms in total. The maximum Gasteiger partial charge on any atom is 0.269 e. The first-order valence-corrected chi connectivity index (χ1v) is 8.22. The van der Waals surface area contributed by atoms with Crippen LogP contribution in [0.2, 0.25) is 0 Å². The number of hydrogen-bond acceptors (Lipinski definition) is 5. The van der Waals surface area contributed by atoms with Crippen LogP contribution in [0.3, 0.4) is 0 Å². The fraction of sp³-hybridized carbons (Fsp3) is 0.625. The van der Waals surface area contributed by atoms with E-state index in [4.69, 9.17) is 0 Å². The second-order valence-corrected chi connectivity index (χ2v) is 6.59. The van der Waals surface area contributed by atoms with Gasteiger partial charge in [0.1, 0.15) is 17.3 Å². The molecule has 1 amide bonds. The average Bonchev–Trinajstić information content (AvgIpc) is 3.02. The van der Waals surface area contributed by atoms with Gasteiger partial charge < -0.3 is 10.4 Å². The van der Waals surface area contributed by atoms with E-state index in [9.17, 15) is 9.90 Å². The number of carbonyl (C=O) groups excluding carboxylic acids is 1. The number of nitrogens with one attached hydrogen (secondary N) is 1. The Kier molecular flexibility index (Phi) is 4.40. The number of aromatic nitrogens is 5. The Morgan fingerprint density at radius 3 is 2.58 bits per heavy atom. The van der Waals surface area contributed by atoms with Crippen molar-refractivity contribution >= 4 is 5.91 Å². The van der Waals surface area contributed by atoms with Crippen molar-refractivity contribution in [3.8, 4) is 0 Å². The number of carbonyl (C=O) groups is 1. The van der Waals surface area contributed by atoms with Crippen molar-refractivity contribution in [2.24, 2.45) is 14.1 Å². The van der Waals surface area contributed by atoms with Crippen LogP contribution in [0.15, 0.2) is 6.07 Å². The van der Waals surface area contributed by atoms with Crippen LogP contribution in [-0.4, -0.2) is 47.7 Å². The van der Waals surface area contributed by atoms with Crippen molar-refractivity contribution in [1.29, 1.82) is 0 Å². The molecule has 3 rings (SSSR count). The molecule has 0 unspecified atom stereocenters. The summed E-state index contributed by atoms with van der Waals surface area (Å²) in [7, 11) is 3.62. The van der Waals surface area contributed by atoms with E-state index in [2.05, 4.69) is 20.5 Å². The summed E-state index contributed by atoms with van der Waals surface area (Å²) < 4.78 is 3.35. The maximum atomic E-state index is 12.5. The SMILES string of the molecule is Cc1cc(C(=O)N[C@@H]2C[C@@H](c3nc(C)nn3C)CC[C@H]2O)n(C)n1. The molecule has 3 atom stereocenters. The van der Waals surface area contributed by atoms with Crippen molar-refractivity contribution < 1.29 is 9.90 Å². The van der Waals surface area contributed by atoms with Crippen LogP contribution in [0.5, 0.6) is 0 Å². The van der Waals surface area contributed by atoms with Gasteiger partial charge >= 0.3 is 0 Å². The van der Waals surface area contributed by atoms with Gasteiger partial charge in [-0.25, -0.2) is 4.98 Å². The normalized spacial score (nSPS) is 24.1. The van der Waals surface area contributed by atoms with Crippen LogP contribution in [0.25, 0.3) is 0 Å². The summed E-state index contributed by atoms with van der Waals surface area (Å²) in [5.41, 5.74) is 1.29. The summed E-state index contributed by atoms with van der Waals surface area (Å²) in [5, 5.41) is 21.7. The average molecular weight is 332 g/mol. The van der Waals surface area contributed by atoms with Gasteiger partial charge in [0.2, 0.25) is 0 Å². The van der Waals surface area contributed by atoms with Crippen LogP contribution in [0.4, 0.5) is 0 Å². The summed E-state index contributed by atoms with van der Waals surface area (Å²) in [6.45, 7) is 3.71. The molecule has 2 N–H and O–H groups in total. The van der Waals surface area contributed by atoms with Gasteiger partial charge in [0.05, 0.1) is 17.8 Å². The molecule has 1 fully saturated rings. The molecule has 0 aliphatic heterocycles. The molecule has 0 spiro atoms. The molecule has 2 aromatic heterocycles. The van der Waals surface area contributed by atoms with Gasteiger partial charge in [-0.05, 0) is 39.2 Å². The molecule has 1 aliphatic rings. The number of rotatable bonds is 3. The van der Waals surface area contributed by atoms with E-state index in [1.807, 2.05) is 20.9 Å². The van der Waals surface area contributed by atoms with Crippen molar-refractivity contribution in [3.63, 3.8) is 0 Å². The van der Waals surface area contributed by atoms with Crippen LogP contribution in [-0.2, 0) is 14.1 Å². The second-order valence-electron chi connectivity index (χ2n) is 6.59. The maximum absolute atomic E-state index is 12.5. The fourth-order valence-electron chi connectivity index (χ4n) is 3.49. The predicted octanol–water partition coefficient (Wildman–Crippen LogP) is 0.592. The van der Waals surface area contributed by atoms with E-state index in [0.717, 1.165) is 23.8 Å². The highest BCUT2D eigenvalue weighted by Crippen LogP contribution is 2.32. The highest BCUT2D eigenvalue weighted by Gasteiger charge is 2.33. The van der Waals surface area contributed by atoms with Gasteiger partial charge in [-0.15, -0.1) is 0 Å². The topological polar surface area (TPSA) is 97.9 Å². The molecule has 0 saturated heterocycles. The molecule has 2 aromatic rings. The Balaban J connectivity index is 1.73. The third-order valence-electron chi connectivity index (χ3n) is 4.63. The first-order valence-electron chi connectivity index (χ1n) is 8.22. The Bertz CT molecular complexity index is 750. The fourth-order valence-corrected chi connectivity index (χ4v) is 3.49. The lowest BCUT2D eigenvalue weighted by Gasteiger charge is -2.33. The van der Waals surface area contributed by atoms with Gasteiger partial charge in [-0.1, -0.05) is 0 Å². The minimum absolute atomic E-state index is 0.179. The van der Waals surface area contributed by atoms with E-state index >= 15 is 0 Å². The number of nitrogens with zero attached hydrogens (tertiary/aromatic N) is 5. The Morgan fingerprint density at radius 1 is 1.25 bits per heavy atom. The zero-order chi connectivity index (χ0) is 17.4. The van der Waals surface area contributed by atoms with Gasteiger partial charge in [0.15, 0.2) is 0 Å². The predicted molar refractivity (Wildman–Crippen MR) is 87.5 cm³/mol. The number of amides is 1. The minimum Gasteiger partial charge on any atom is -0.391 e. The number of aryl methyl sites for hydroxylation is 4. The molecule has 1 saturated carbocycles. The first-order chi connectivity index (χ1) is 11.3. The molecule has 0 aromatic carbocycles. The molecule has 24 heavy (non-hydrogen) atoms. The highest BCUT2D eigenvalue weighted by molar-refractivity contribution is 5.92. The summed E-state index contributed by atoms with van der Waals surface area (Å²) in [6, 6.07) is 1.44. The lowest BCUT2D eigenvalue weighted by atomic mass is 9.83. The standard InChI is InChI=1S/C16H24N6O2/c1-9-7-13(21(3)19-9)16(24)18-12-8-11(5-6-14(12)23)15-17-10(2)20-22(15)4/h7,11-12,14,23H,5-6,8H2,1-4H3,(H,18,24)/t11-,12+,14+/m0/s1. The molecule has 8 heteroatoms. The zero-order valence-electron chi connectivity index (χ0n) is 14.5. The monoisotopic (exact) mass is 332 g/mol. The highest BCUT2D eigenvalue weighted by atomic mass is 16.3. The van der Waals surface area contributed by atoms with Gasteiger partial charge in [0.25, 0.3) is 5.91 Å². The van der Waals surface area contributed by atoms with Crippen LogP contribution in [0.1, 0.15) is 53.0 Å². The largest absolute Gasteiger partial charge is 0.391 e. The molecular formula is C16H24N6O2. The Hall–Kier alpha value is -2.22. The molecule has 0 radical (unpaired) electrons. The second kappa shape index (κ2) is 6.35. The Morgan fingerprint density at radius 2 is 2.00 bits per heavy atom. The lowest BCUT2D eigenvalue weighted by molar-refractivity contribution is 0.0663. The van der Waals surface area contributed by atoms with Gasteiger partial charge in [-0.2, -0.15) is 10.2 Å². The van der Waals surface area contributed by atoms with Gasteiger partial charge in [-0.3, -0.25) is 14.2 Å². The van der Waals surface area contributed by atoms with Crippen LogP contribution < -0.4 is 5.32 Å². The number of aliphatic hydroxyl groups excluding tert-OH is 1. The van der Waals surface area contributed by atoms with Crippen molar-refractivity contribution in [1.82, 2.24) is 29.9 Å². The molecule has 0 bridgehead atoms. The molecule has 2 heterocycles. The summed E-state index contributed by atoms with van der Waals surface area (Å²) >= 11 is 0. The van der Waals surface area contributed by atoms with E-state index in [1.165, 1.54) is 0 Å². The van der Waals surface area contributed by atoms with E-state index < -0.39 is 6.10 Å². The lowest BCUT2D eigenvalue weighted by Crippen LogP contribution is -2.47. The van der Waals surface area contributed by atoms with Crippen molar-refractivity contribution in [3.05, 3.63) is 29.1 Å². The molecule has 1 aliphatic carbocycles. The Labute approximate surface area is 140 Å². The van der Waals surface area contributed by atoms with E-state index in [1.54, 1.807) is 22.5 Å². The number of aliphatic hydroxyl groups is 1. The molecular weight excluding hydrogens is 308 g/mol. The number of hydrogen-bond donors (Lipinski definition) is 2. The summed E-state index contributed by atoms with van der Waals surface area (Å²) in [5.74, 6) is 1.62. The third kappa shape index (κ3) is 3.19. The first kappa shape index (κ1) is 16.6.